The first-order valence-corrected chi connectivity index (χ1v) is 11.3. The van der Waals surface area contributed by atoms with Crippen LogP contribution in [0, 0.1) is 6.92 Å². The van der Waals surface area contributed by atoms with Gasteiger partial charge in [-0.25, -0.2) is 9.78 Å². The molecule has 0 bridgehead atoms. The van der Waals surface area contributed by atoms with E-state index in [0.29, 0.717) is 41.1 Å². The van der Waals surface area contributed by atoms with Gasteiger partial charge in [-0.1, -0.05) is 17.4 Å². The fourth-order valence-electron chi connectivity index (χ4n) is 3.92. The summed E-state index contributed by atoms with van der Waals surface area (Å²) in [5, 5.41) is 15.4. The van der Waals surface area contributed by atoms with Gasteiger partial charge in [0.15, 0.2) is 5.13 Å². The molecular weight excluding hydrogens is 460 g/mol. The molecule has 2 aliphatic rings. The molecule has 12 nitrogen and oxygen atoms in total. The molecule has 13 heteroatoms. The lowest BCUT2D eigenvalue weighted by atomic mass is 10.2. The maximum absolute atomic E-state index is 13.0. The molecule has 2 aliphatic heterocycles. The Morgan fingerprint density at radius 2 is 2.09 bits per heavy atom. The normalized spacial score (nSPS) is 15.3. The van der Waals surface area contributed by atoms with Crippen LogP contribution in [0.25, 0.3) is 0 Å². The van der Waals surface area contributed by atoms with Gasteiger partial charge in [0.2, 0.25) is 17.8 Å². The first-order valence-electron chi connectivity index (χ1n) is 10.5. The molecule has 0 saturated carbocycles. The highest BCUT2D eigenvalue weighted by Crippen LogP contribution is 2.37. The maximum Gasteiger partial charge on any atom is 0.347 e. The van der Waals surface area contributed by atoms with Crippen LogP contribution in [0.3, 0.4) is 0 Å². The van der Waals surface area contributed by atoms with E-state index in [1.165, 1.54) is 0 Å². The van der Waals surface area contributed by atoms with E-state index >= 15 is 0 Å². The van der Waals surface area contributed by atoms with Crippen molar-refractivity contribution < 1.29 is 19.5 Å². The molecule has 3 N–H and O–H groups in total. The Kier molecular flexibility index (Phi) is 5.53. The van der Waals surface area contributed by atoms with Crippen LogP contribution in [0.15, 0.2) is 24.5 Å². The van der Waals surface area contributed by atoms with Gasteiger partial charge in [0, 0.05) is 31.0 Å². The van der Waals surface area contributed by atoms with Gasteiger partial charge < -0.3 is 15.3 Å². The number of carbonyl (C=O) groups is 3. The molecule has 174 valence electrons. The first-order chi connectivity index (χ1) is 16.4. The molecule has 0 aliphatic carbocycles. The number of rotatable bonds is 6. The Labute approximate surface area is 197 Å². The number of nitrogens with one attached hydrogen (secondary N) is 2. The Morgan fingerprint density at radius 1 is 1.26 bits per heavy atom. The summed E-state index contributed by atoms with van der Waals surface area (Å²) in [6.45, 7) is 3.00. The summed E-state index contributed by atoms with van der Waals surface area (Å²) in [4.78, 5) is 57.5. The van der Waals surface area contributed by atoms with Crippen molar-refractivity contribution in [2.45, 2.75) is 19.9 Å². The molecular formula is C21H20N8O4S. The topological polar surface area (TPSA) is 154 Å². The van der Waals surface area contributed by atoms with E-state index in [9.17, 15) is 19.5 Å². The highest BCUT2D eigenvalue weighted by Gasteiger charge is 2.35. The van der Waals surface area contributed by atoms with Crippen LogP contribution in [0.4, 0.5) is 22.7 Å². The van der Waals surface area contributed by atoms with E-state index < -0.39 is 5.97 Å². The van der Waals surface area contributed by atoms with Crippen molar-refractivity contribution in [2.75, 3.05) is 34.8 Å². The van der Waals surface area contributed by atoms with Crippen molar-refractivity contribution in [3.63, 3.8) is 0 Å². The smallest absolute Gasteiger partial charge is 0.347 e. The molecule has 1 saturated heterocycles. The minimum Gasteiger partial charge on any atom is -0.477 e. The van der Waals surface area contributed by atoms with Gasteiger partial charge in [0.1, 0.15) is 16.5 Å². The van der Waals surface area contributed by atoms with E-state index in [2.05, 4.69) is 30.6 Å². The number of pyridine rings is 1. The number of nitrogens with zero attached hydrogens (tertiary/aromatic N) is 6. The Balaban J connectivity index is 1.55. The number of hydrogen-bond donors (Lipinski definition) is 3. The maximum atomic E-state index is 13.0. The van der Waals surface area contributed by atoms with Crippen molar-refractivity contribution >= 4 is 51.8 Å². The third kappa shape index (κ3) is 4.12. The molecule has 0 atom stereocenters. The van der Waals surface area contributed by atoms with Crippen molar-refractivity contribution in [3.8, 4) is 0 Å². The second-order valence-corrected chi connectivity index (χ2v) is 8.83. The molecule has 3 aromatic heterocycles. The molecule has 0 unspecified atom stereocenters. The second-order valence-electron chi connectivity index (χ2n) is 7.83. The average molecular weight is 481 g/mol. The number of amides is 2. The molecule has 34 heavy (non-hydrogen) atoms. The van der Waals surface area contributed by atoms with Crippen molar-refractivity contribution in [2.24, 2.45) is 0 Å². The van der Waals surface area contributed by atoms with E-state index in [1.54, 1.807) is 30.3 Å². The Bertz CT molecular complexity index is 1300. The van der Waals surface area contributed by atoms with E-state index in [0.717, 1.165) is 16.9 Å². The fraction of sp³-hybridized carbons (Fsp3) is 0.286. The molecule has 5 heterocycles. The van der Waals surface area contributed by atoms with Crippen molar-refractivity contribution in [1.82, 2.24) is 25.3 Å². The zero-order chi connectivity index (χ0) is 23.8. The monoisotopic (exact) mass is 480 g/mol. The lowest BCUT2D eigenvalue weighted by molar-refractivity contribution is -0.120. The van der Waals surface area contributed by atoms with Crippen LogP contribution < -0.4 is 20.4 Å². The third-order valence-electron chi connectivity index (χ3n) is 5.46. The third-order valence-corrected chi connectivity index (χ3v) is 6.52. The number of fused-ring (bicyclic) bond motifs is 1. The molecule has 0 spiro atoms. The number of carboxylic acid groups (broad SMARTS) is 1. The largest absolute Gasteiger partial charge is 0.477 e. The number of aromatic nitrogens is 4. The fourth-order valence-corrected chi connectivity index (χ4v) is 4.72. The quantitative estimate of drug-likeness (QED) is 0.467. The number of carbonyl (C=O) groups excluding carboxylic acids is 2. The molecule has 2 amide bonds. The Morgan fingerprint density at radius 3 is 2.79 bits per heavy atom. The van der Waals surface area contributed by atoms with E-state index in [1.807, 2.05) is 11.0 Å². The van der Waals surface area contributed by atoms with Crippen LogP contribution >= 0.6 is 11.3 Å². The van der Waals surface area contributed by atoms with Crippen LogP contribution in [0.2, 0.25) is 0 Å². The van der Waals surface area contributed by atoms with Gasteiger partial charge in [0.05, 0.1) is 25.2 Å². The lowest BCUT2D eigenvalue weighted by Gasteiger charge is -2.29. The minimum atomic E-state index is -1.06. The van der Waals surface area contributed by atoms with Crippen LogP contribution in [-0.2, 0) is 22.6 Å². The van der Waals surface area contributed by atoms with Gasteiger partial charge in [-0.15, -0.1) is 0 Å². The number of aromatic carboxylic acids is 1. The number of hydrogen-bond acceptors (Lipinski definition) is 10. The van der Waals surface area contributed by atoms with Crippen molar-refractivity contribution in [1.29, 1.82) is 0 Å². The highest BCUT2D eigenvalue weighted by molar-refractivity contribution is 7.17. The molecule has 5 rings (SSSR count). The summed E-state index contributed by atoms with van der Waals surface area (Å²) in [5.74, 6) is -0.227. The standard InChI is InChI=1S/C21H20N8O4S/c1-11-16(19(32)33)34-21(24-11)27-20-25-17(28-6-5-23-14(30)10-28)13-7-15(31)29(18(13)26-20)9-12-3-2-4-22-8-12/h2-4,8H,5-7,9-10H2,1H3,(H,23,30)(H,32,33)(H,24,25,26,27). The minimum absolute atomic E-state index is 0.110. The van der Waals surface area contributed by atoms with Gasteiger partial charge in [0.25, 0.3) is 0 Å². The number of piperazine rings is 1. The lowest BCUT2D eigenvalue weighted by Crippen LogP contribution is -2.48. The Hall–Kier alpha value is -4.13. The molecule has 3 aromatic rings. The summed E-state index contributed by atoms with van der Waals surface area (Å²) in [7, 11) is 0. The zero-order valence-corrected chi connectivity index (χ0v) is 18.9. The van der Waals surface area contributed by atoms with Crippen LogP contribution in [0.1, 0.15) is 26.5 Å². The summed E-state index contributed by atoms with van der Waals surface area (Å²) in [6.07, 6.45) is 3.46. The average Bonchev–Trinajstić information content (AvgIpc) is 3.33. The van der Waals surface area contributed by atoms with Gasteiger partial charge in [-0.05, 0) is 18.6 Å². The SMILES string of the molecule is Cc1nc(Nc2nc(N3CCNC(=O)C3)c3c(n2)N(Cc2cccnc2)C(=O)C3)sc1C(=O)O. The molecule has 0 radical (unpaired) electrons. The summed E-state index contributed by atoms with van der Waals surface area (Å²) < 4.78 is 0. The number of anilines is 4. The summed E-state index contributed by atoms with van der Waals surface area (Å²) >= 11 is 0.973. The zero-order valence-electron chi connectivity index (χ0n) is 18.1. The van der Waals surface area contributed by atoms with Gasteiger partial charge >= 0.3 is 5.97 Å². The van der Waals surface area contributed by atoms with Gasteiger partial charge in [-0.3, -0.25) is 24.8 Å². The number of aryl methyl sites for hydroxylation is 1. The van der Waals surface area contributed by atoms with Crippen LogP contribution in [-0.4, -0.2) is 62.5 Å². The van der Waals surface area contributed by atoms with E-state index in [-0.39, 0.29) is 42.2 Å². The molecule has 1 fully saturated rings. The van der Waals surface area contributed by atoms with Crippen LogP contribution in [0.5, 0.6) is 0 Å². The summed E-state index contributed by atoms with van der Waals surface area (Å²) in [5.41, 5.74) is 1.87. The number of thiazole rings is 1. The van der Waals surface area contributed by atoms with Crippen molar-refractivity contribution in [3.05, 3.63) is 46.2 Å². The highest BCUT2D eigenvalue weighted by atomic mass is 32.1. The predicted octanol–water partition coefficient (Wildman–Crippen LogP) is 1.10. The van der Waals surface area contributed by atoms with E-state index in [4.69, 9.17) is 0 Å². The number of carboxylic acids is 1. The first kappa shape index (κ1) is 21.7. The summed E-state index contributed by atoms with van der Waals surface area (Å²) in [6, 6.07) is 3.67. The van der Waals surface area contributed by atoms with Gasteiger partial charge in [-0.2, -0.15) is 9.97 Å². The molecule has 0 aromatic carbocycles. The second kappa shape index (κ2) is 8.67. The predicted molar refractivity (Wildman–Crippen MR) is 123 cm³/mol.